The Balaban J connectivity index is 1.50. The molecule has 0 aliphatic rings. The number of nitrogens with zero attached hydrogens (tertiary/aromatic N) is 3. The maximum absolute atomic E-state index is 12.3. The number of aryl methyl sites for hydroxylation is 1. The second-order valence-electron chi connectivity index (χ2n) is 6.41. The molecule has 0 radical (unpaired) electrons. The van der Waals surface area contributed by atoms with Gasteiger partial charge in [0.25, 0.3) is 11.9 Å². The van der Waals surface area contributed by atoms with Crippen LogP contribution in [0.1, 0.15) is 11.1 Å². The van der Waals surface area contributed by atoms with Crippen molar-refractivity contribution in [2.75, 3.05) is 11.9 Å². The minimum atomic E-state index is -0.341. The zero-order chi connectivity index (χ0) is 20.5. The summed E-state index contributed by atoms with van der Waals surface area (Å²) in [5.41, 5.74) is 3.60. The van der Waals surface area contributed by atoms with Crippen LogP contribution in [0, 0.1) is 13.8 Å². The van der Waals surface area contributed by atoms with Crippen LogP contribution in [0.4, 0.5) is 5.95 Å². The lowest BCUT2D eigenvalue weighted by molar-refractivity contribution is -0.118. The number of anilines is 1. The molecule has 4 rings (SSSR count). The van der Waals surface area contributed by atoms with E-state index in [-0.39, 0.29) is 18.5 Å². The first kappa shape index (κ1) is 19.7. The first-order chi connectivity index (χ1) is 13.9. The number of carbonyl (C=O) groups excluding carboxylic acids is 1. The highest BCUT2D eigenvalue weighted by atomic mass is 35.5. The standard InChI is InChI=1S/C20H16Cl2N4O2S/c1-11-4-3-5-17(12(11)2)28-9-18(27)23-19-24-20-26(25-19)16(10-29-20)14-8-13(21)6-7-15(14)22/h3-8,10H,9H2,1-2H3,(H,23,25,27). The molecule has 0 aliphatic carbocycles. The first-order valence-electron chi connectivity index (χ1n) is 8.71. The third-order valence-corrected chi connectivity index (χ3v) is 5.83. The molecule has 6 nitrogen and oxygen atoms in total. The molecular formula is C20H16Cl2N4O2S. The van der Waals surface area contributed by atoms with Crippen molar-refractivity contribution >= 4 is 51.4 Å². The van der Waals surface area contributed by atoms with Crippen molar-refractivity contribution in [3.63, 3.8) is 0 Å². The van der Waals surface area contributed by atoms with Gasteiger partial charge in [-0.2, -0.15) is 4.98 Å². The van der Waals surface area contributed by atoms with Gasteiger partial charge in [-0.3, -0.25) is 10.1 Å². The molecule has 0 unspecified atom stereocenters. The number of fused-ring (bicyclic) bond motifs is 1. The number of hydrogen-bond donors (Lipinski definition) is 1. The summed E-state index contributed by atoms with van der Waals surface area (Å²) in [7, 11) is 0. The Bertz CT molecular complexity index is 1220. The van der Waals surface area contributed by atoms with Gasteiger partial charge in [-0.1, -0.05) is 35.3 Å². The Morgan fingerprint density at radius 1 is 1.24 bits per heavy atom. The van der Waals surface area contributed by atoms with Crippen LogP contribution >= 0.6 is 34.5 Å². The van der Waals surface area contributed by atoms with Gasteiger partial charge in [0, 0.05) is 16.0 Å². The third-order valence-electron chi connectivity index (χ3n) is 4.45. The van der Waals surface area contributed by atoms with Crippen molar-refractivity contribution in [3.8, 4) is 17.0 Å². The van der Waals surface area contributed by atoms with E-state index in [0.717, 1.165) is 22.4 Å². The Kier molecular flexibility index (Phi) is 5.45. The molecule has 0 saturated heterocycles. The normalized spacial score (nSPS) is 11.0. The summed E-state index contributed by atoms with van der Waals surface area (Å²) in [5, 5.41) is 10.1. The van der Waals surface area contributed by atoms with Gasteiger partial charge in [-0.25, -0.2) is 4.52 Å². The Morgan fingerprint density at radius 2 is 2.07 bits per heavy atom. The summed E-state index contributed by atoms with van der Waals surface area (Å²) < 4.78 is 7.25. The number of amides is 1. The zero-order valence-electron chi connectivity index (χ0n) is 15.6. The highest BCUT2D eigenvalue weighted by molar-refractivity contribution is 7.15. The maximum Gasteiger partial charge on any atom is 0.264 e. The molecule has 0 saturated carbocycles. The van der Waals surface area contributed by atoms with E-state index < -0.39 is 0 Å². The van der Waals surface area contributed by atoms with E-state index in [9.17, 15) is 4.79 Å². The molecule has 0 spiro atoms. The van der Waals surface area contributed by atoms with Crippen LogP contribution in [0.2, 0.25) is 10.0 Å². The summed E-state index contributed by atoms with van der Waals surface area (Å²) in [5.74, 6) is 0.536. The summed E-state index contributed by atoms with van der Waals surface area (Å²) >= 11 is 13.8. The number of carbonyl (C=O) groups is 1. The SMILES string of the molecule is Cc1cccc(OCC(=O)Nc2nc3scc(-c4cc(Cl)ccc4Cl)n3n2)c1C. The van der Waals surface area contributed by atoms with Crippen molar-refractivity contribution in [3.05, 3.63) is 63.0 Å². The quantitative estimate of drug-likeness (QED) is 0.445. The molecule has 29 heavy (non-hydrogen) atoms. The zero-order valence-corrected chi connectivity index (χ0v) is 17.9. The lowest BCUT2D eigenvalue weighted by Gasteiger charge is -2.10. The van der Waals surface area contributed by atoms with Gasteiger partial charge in [0.15, 0.2) is 6.61 Å². The van der Waals surface area contributed by atoms with Crippen molar-refractivity contribution < 1.29 is 9.53 Å². The summed E-state index contributed by atoms with van der Waals surface area (Å²) in [4.78, 5) is 17.2. The van der Waals surface area contributed by atoms with Crippen molar-refractivity contribution in [2.45, 2.75) is 13.8 Å². The Hall–Kier alpha value is -2.61. The van der Waals surface area contributed by atoms with Crippen molar-refractivity contribution in [2.24, 2.45) is 0 Å². The average molecular weight is 447 g/mol. The van der Waals surface area contributed by atoms with Gasteiger partial charge in [-0.05, 0) is 49.2 Å². The molecule has 0 fully saturated rings. The number of nitrogens with one attached hydrogen (secondary N) is 1. The van der Waals surface area contributed by atoms with Crippen LogP contribution in [-0.2, 0) is 4.79 Å². The Labute approximate surface area is 181 Å². The lowest BCUT2D eigenvalue weighted by atomic mass is 10.1. The van der Waals surface area contributed by atoms with E-state index in [1.54, 1.807) is 22.7 Å². The molecule has 148 valence electrons. The van der Waals surface area contributed by atoms with Crippen LogP contribution < -0.4 is 10.1 Å². The maximum atomic E-state index is 12.3. The molecular weight excluding hydrogens is 431 g/mol. The predicted molar refractivity (Wildman–Crippen MR) is 116 cm³/mol. The minimum absolute atomic E-state index is 0.135. The summed E-state index contributed by atoms with van der Waals surface area (Å²) in [6.07, 6.45) is 0. The fourth-order valence-corrected chi connectivity index (χ4v) is 4.01. The topological polar surface area (TPSA) is 68.5 Å². The second-order valence-corrected chi connectivity index (χ2v) is 8.09. The molecule has 2 aromatic carbocycles. The van der Waals surface area contributed by atoms with Gasteiger partial charge in [0.1, 0.15) is 5.75 Å². The van der Waals surface area contributed by atoms with E-state index >= 15 is 0 Å². The molecule has 0 aliphatic heterocycles. The smallest absolute Gasteiger partial charge is 0.264 e. The van der Waals surface area contributed by atoms with Gasteiger partial charge >= 0.3 is 0 Å². The van der Waals surface area contributed by atoms with Crippen LogP contribution in [0.3, 0.4) is 0 Å². The highest BCUT2D eigenvalue weighted by Crippen LogP contribution is 2.33. The fraction of sp³-hybridized carbons (Fsp3) is 0.150. The molecule has 0 atom stereocenters. The number of ether oxygens (including phenoxy) is 1. The lowest BCUT2D eigenvalue weighted by Crippen LogP contribution is -2.21. The van der Waals surface area contributed by atoms with Crippen LogP contribution in [-0.4, -0.2) is 27.1 Å². The molecule has 0 bridgehead atoms. The van der Waals surface area contributed by atoms with Crippen LogP contribution in [0.5, 0.6) is 5.75 Å². The number of aromatic nitrogens is 3. The predicted octanol–water partition coefficient (Wildman–Crippen LogP) is 5.40. The van der Waals surface area contributed by atoms with E-state index in [4.69, 9.17) is 27.9 Å². The van der Waals surface area contributed by atoms with Gasteiger partial charge in [0.05, 0.1) is 10.7 Å². The highest BCUT2D eigenvalue weighted by Gasteiger charge is 2.16. The third kappa shape index (κ3) is 4.07. The van der Waals surface area contributed by atoms with Crippen molar-refractivity contribution in [1.29, 1.82) is 0 Å². The van der Waals surface area contributed by atoms with E-state index in [1.165, 1.54) is 11.3 Å². The number of thiazole rings is 1. The van der Waals surface area contributed by atoms with E-state index in [2.05, 4.69) is 15.4 Å². The molecule has 1 amide bonds. The van der Waals surface area contributed by atoms with E-state index in [1.807, 2.05) is 37.4 Å². The molecule has 2 heterocycles. The minimum Gasteiger partial charge on any atom is -0.483 e. The van der Waals surface area contributed by atoms with Crippen LogP contribution in [0.15, 0.2) is 41.8 Å². The summed E-state index contributed by atoms with van der Waals surface area (Å²) in [6, 6.07) is 10.9. The van der Waals surface area contributed by atoms with Crippen LogP contribution in [0.25, 0.3) is 16.2 Å². The molecule has 1 N–H and O–H groups in total. The van der Waals surface area contributed by atoms with Gasteiger partial charge < -0.3 is 4.74 Å². The van der Waals surface area contributed by atoms with Crippen molar-refractivity contribution in [1.82, 2.24) is 14.6 Å². The van der Waals surface area contributed by atoms with E-state index in [0.29, 0.717) is 20.8 Å². The molecule has 4 aromatic rings. The first-order valence-corrected chi connectivity index (χ1v) is 10.3. The monoisotopic (exact) mass is 446 g/mol. The van der Waals surface area contributed by atoms with Gasteiger partial charge in [0.2, 0.25) is 4.96 Å². The number of halogens is 2. The number of benzene rings is 2. The number of rotatable bonds is 5. The average Bonchev–Trinajstić information content (AvgIpc) is 3.25. The Morgan fingerprint density at radius 3 is 2.90 bits per heavy atom. The van der Waals surface area contributed by atoms with Gasteiger partial charge in [-0.15, -0.1) is 16.4 Å². The fourth-order valence-electron chi connectivity index (χ4n) is 2.80. The summed E-state index contributed by atoms with van der Waals surface area (Å²) in [6.45, 7) is 3.81. The largest absolute Gasteiger partial charge is 0.483 e. The number of hydrogen-bond acceptors (Lipinski definition) is 5. The second kappa shape index (κ2) is 8.02. The molecule has 9 heteroatoms. The molecule has 2 aromatic heterocycles.